The predicted molar refractivity (Wildman–Crippen MR) is 155 cm³/mol. The number of benzene rings is 2. The van der Waals surface area contributed by atoms with Gasteiger partial charge in [-0.1, -0.05) is 0 Å². The number of rotatable bonds is 14. The van der Waals surface area contributed by atoms with Crippen molar-refractivity contribution in [1.29, 1.82) is 0 Å². The summed E-state index contributed by atoms with van der Waals surface area (Å²) in [6.07, 6.45) is 0.604. The number of aromatic nitrogens is 1. The molecule has 0 aliphatic heterocycles. The number of amides is 2. The van der Waals surface area contributed by atoms with Gasteiger partial charge in [-0.25, -0.2) is 13.4 Å². The Balaban J connectivity index is 1.74. The van der Waals surface area contributed by atoms with E-state index in [1.807, 2.05) is 13.8 Å². The molecule has 2 N–H and O–H groups in total. The first-order valence-electron chi connectivity index (χ1n) is 12.5. The lowest BCUT2D eigenvalue weighted by Crippen LogP contribution is -2.26. The molecule has 0 atom stereocenters. The molecule has 0 saturated heterocycles. The summed E-state index contributed by atoms with van der Waals surface area (Å²) in [5.74, 6) is -0.115. The minimum absolute atomic E-state index is 0.0169. The average molecular weight is 626 g/mol. The SMILES string of the molecule is CCOP(=O)(CNC(=O)c1csc(NC(=O)c2cc(Oc3ccc(S(C)(=O)=O)cc3)cc(OC(C)C)c2)n1)OCC. The van der Waals surface area contributed by atoms with Crippen molar-refractivity contribution >= 4 is 45.7 Å². The molecule has 41 heavy (non-hydrogen) atoms. The topological polar surface area (TPSA) is 159 Å². The van der Waals surface area contributed by atoms with Gasteiger partial charge in [0.25, 0.3) is 11.8 Å². The molecule has 0 fully saturated rings. The summed E-state index contributed by atoms with van der Waals surface area (Å²) in [7, 11) is -6.84. The molecule has 2 amide bonds. The second kappa shape index (κ2) is 14.1. The Bertz CT molecular complexity index is 1510. The van der Waals surface area contributed by atoms with Crippen LogP contribution in [-0.4, -0.2) is 57.1 Å². The van der Waals surface area contributed by atoms with Gasteiger partial charge >= 0.3 is 7.60 Å². The van der Waals surface area contributed by atoms with Gasteiger partial charge in [-0.05, 0) is 64.1 Å². The zero-order valence-electron chi connectivity index (χ0n) is 23.2. The predicted octanol–water partition coefficient (Wildman–Crippen LogP) is 5.33. The van der Waals surface area contributed by atoms with E-state index in [0.29, 0.717) is 11.5 Å². The van der Waals surface area contributed by atoms with Gasteiger partial charge in [0.2, 0.25) is 0 Å². The molecular formula is C26H32N3O9PS2. The molecule has 1 aromatic heterocycles. The van der Waals surface area contributed by atoms with Gasteiger partial charge in [-0.2, -0.15) is 0 Å². The fourth-order valence-electron chi connectivity index (χ4n) is 3.38. The van der Waals surface area contributed by atoms with Crippen molar-refractivity contribution < 1.29 is 41.1 Å². The van der Waals surface area contributed by atoms with Crippen LogP contribution in [0.1, 0.15) is 48.5 Å². The van der Waals surface area contributed by atoms with Crippen LogP contribution >= 0.6 is 18.9 Å². The second-order valence-electron chi connectivity index (χ2n) is 8.81. The van der Waals surface area contributed by atoms with E-state index >= 15 is 0 Å². The molecule has 2 aromatic carbocycles. The van der Waals surface area contributed by atoms with Crippen LogP contribution in [-0.2, 0) is 23.4 Å². The van der Waals surface area contributed by atoms with Crippen LogP contribution in [0.3, 0.4) is 0 Å². The Morgan fingerprint density at radius 3 is 2.20 bits per heavy atom. The Kier molecular flexibility index (Phi) is 11.0. The number of hydrogen-bond acceptors (Lipinski definition) is 11. The molecule has 3 aromatic rings. The first-order valence-corrected chi connectivity index (χ1v) is 17.0. The van der Waals surface area contributed by atoms with Gasteiger partial charge in [0.05, 0.1) is 24.2 Å². The molecule has 3 rings (SSSR count). The van der Waals surface area contributed by atoms with E-state index in [1.165, 1.54) is 41.8 Å². The van der Waals surface area contributed by atoms with E-state index in [9.17, 15) is 22.6 Å². The third-order valence-corrected chi connectivity index (χ3v) is 8.78. The maximum atomic E-state index is 13.1. The smallest absolute Gasteiger partial charge is 0.349 e. The number of sulfone groups is 1. The van der Waals surface area contributed by atoms with Gasteiger partial charge < -0.3 is 23.8 Å². The Morgan fingerprint density at radius 2 is 1.61 bits per heavy atom. The molecule has 15 heteroatoms. The van der Waals surface area contributed by atoms with Crippen LogP contribution in [0.2, 0.25) is 0 Å². The molecule has 12 nitrogen and oxygen atoms in total. The first-order chi connectivity index (χ1) is 19.3. The number of nitrogens with one attached hydrogen (secondary N) is 2. The van der Waals surface area contributed by atoms with E-state index in [2.05, 4.69) is 15.6 Å². The quantitative estimate of drug-likeness (QED) is 0.224. The monoisotopic (exact) mass is 625 g/mol. The molecule has 0 radical (unpaired) electrons. The minimum Gasteiger partial charge on any atom is -0.491 e. The third kappa shape index (κ3) is 9.65. The molecule has 0 aliphatic carbocycles. The Hall–Kier alpha value is -3.29. The zero-order chi connectivity index (χ0) is 30.2. The number of carbonyl (C=O) groups excluding carboxylic acids is 2. The van der Waals surface area contributed by atoms with E-state index in [1.54, 1.807) is 19.9 Å². The normalized spacial score (nSPS) is 11.8. The largest absolute Gasteiger partial charge is 0.491 e. The second-order valence-corrected chi connectivity index (χ2v) is 13.7. The minimum atomic E-state index is -3.48. The van der Waals surface area contributed by atoms with Crippen LogP contribution in [0.5, 0.6) is 17.2 Å². The zero-order valence-corrected chi connectivity index (χ0v) is 25.7. The van der Waals surface area contributed by atoms with Crippen LogP contribution in [0.25, 0.3) is 0 Å². The van der Waals surface area contributed by atoms with Gasteiger partial charge in [-0.15, -0.1) is 11.3 Å². The fourth-order valence-corrected chi connectivity index (χ4v) is 6.08. The van der Waals surface area contributed by atoms with Gasteiger partial charge in [0.15, 0.2) is 15.0 Å². The van der Waals surface area contributed by atoms with Gasteiger partial charge in [0, 0.05) is 23.3 Å². The molecule has 0 spiro atoms. The Labute approximate surface area is 242 Å². The van der Waals surface area contributed by atoms with Crippen molar-refractivity contribution in [3.05, 3.63) is 59.1 Å². The van der Waals surface area contributed by atoms with Gasteiger partial charge in [0.1, 0.15) is 29.2 Å². The van der Waals surface area contributed by atoms with Crippen LogP contribution < -0.4 is 20.1 Å². The van der Waals surface area contributed by atoms with E-state index in [0.717, 1.165) is 17.6 Å². The number of thiazole rings is 1. The summed E-state index contributed by atoms with van der Waals surface area (Å²) < 4.78 is 58.0. The van der Waals surface area contributed by atoms with E-state index in [-0.39, 0.29) is 52.6 Å². The lowest BCUT2D eigenvalue weighted by Gasteiger charge is -2.16. The van der Waals surface area contributed by atoms with Crippen LogP contribution in [0, 0.1) is 0 Å². The van der Waals surface area contributed by atoms with Gasteiger partial charge in [-0.3, -0.25) is 19.5 Å². The standard InChI is InChI=1S/C26H32N3O9PS2/c1-6-35-39(32,36-7-2)16-27-25(31)23-15-40-26(28-23)29-24(30)18-12-20(37-17(3)4)14-21(13-18)38-19-8-10-22(11-9-19)41(5,33)34/h8-15,17H,6-7,16H2,1-5H3,(H,27,31)(H,28,29,30). The fraction of sp³-hybridized carbons (Fsp3) is 0.346. The Morgan fingerprint density at radius 1 is 0.976 bits per heavy atom. The lowest BCUT2D eigenvalue weighted by atomic mass is 10.2. The summed E-state index contributed by atoms with van der Waals surface area (Å²) >= 11 is 1.03. The summed E-state index contributed by atoms with van der Waals surface area (Å²) in [6.45, 7) is 7.32. The van der Waals surface area contributed by atoms with Crippen molar-refractivity contribution in [3.8, 4) is 17.2 Å². The highest BCUT2D eigenvalue weighted by atomic mass is 32.2. The van der Waals surface area contributed by atoms with E-state index in [4.69, 9.17) is 18.5 Å². The molecule has 222 valence electrons. The number of hydrogen-bond donors (Lipinski definition) is 2. The van der Waals surface area contributed by atoms with E-state index < -0.39 is 29.2 Å². The highest BCUT2D eigenvalue weighted by Gasteiger charge is 2.25. The van der Waals surface area contributed by atoms with Crippen LogP contribution in [0.15, 0.2) is 52.7 Å². The number of anilines is 1. The number of ether oxygens (including phenoxy) is 2. The molecule has 0 bridgehead atoms. The highest BCUT2D eigenvalue weighted by Crippen LogP contribution is 2.46. The van der Waals surface area contributed by atoms with Crippen molar-refractivity contribution in [1.82, 2.24) is 10.3 Å². The van der Waals surface area contributed by atoms with Crippen molar-refractivity contribution in [3.63, 3.8) is 0 Å². The summed E-state index contributed by atoms with van der Waals surface area (Å²) in [4.78, 5) is 29.9. The van der Waals surface area contributed by atoms with Crippen molar-refractivity contribution in [2.45, 2.75) is 38.7 Å². The van der Waals surface area contributed by atoms with Crippen LogP contribution in [0.4, 0.5) is 5.13 Å². The number of nitrogens with zero attached hydrogens (tertiary/aromatic N) is 1. The first kappa shape index (κ1) is 32.2. The van der Waals surface area contributed by atoms with Crippen molar-refractivity contribution in [2.24, 2.45) is 0 Å². The maximum absolute atomic E-state index is 13.1. The third-order valence-electron chi connectivity index (χ3n) is 5.04. The molecule has 0 aliphatic rings. The highest BCUT2D eigenvalue weighted by molar-refractivity contribution is 7.90. The lowest BCUT2D eigenvalue weighted by molar-refractivity contribution is 0.0948. The molecule has 1 heterocycles. The molecule has 0 saturated carbocycles. The average Bonchev–Trinajstić information content (AvgIpc) is 3.35. The van der Waals surface area contributed by atoms with Crippen molar-refractivity contribution in [2.75, 3.05) is 31.1 Å². The summed E-state index contributed by atoms with van der Waals surface area (Å²) in [5, 5.41) is 6.74. The summed E-state index contributed by atoms with van der Waals surface area (Å²) in [6, 6.07) is 10.5. The summed E-state index contributed by atoms with van der Waals surface area (Å²) in [5.41, 5.74) is 0.213. The molecular weight excluding hydrogens is 593 g/mol. The number of carbonyl (C=O) groups is 2. The maximum Gasteiger partial charge on any atom is 0.349 e. The molecule has 0 unspecified atom stereocenters.